The van der Waals surface area contributed by atoms with Crippen molar-refractivity contribution in [2.24, 2.45) is 11.8 Å². The Bertz CT molecular complexity index is 470. The van der Waals surface area contributed by atoms with Crippen molar-refractivity contribution < 1.29 is 18.0 Å². The van der Waals surface area contributed by atoms with Gasteiger partial charge in [0.25, 0.3) is 0 Å². The lowest BCUT2D eigenvalue weighted by Gasteiger charge is -2.25. The van der Waals surface area contributed by atoms with Crippen LogP contribution in [0.25, 0.3) is 0 Å². The van der Waals surface area contributed by atoms with Gasteiger partial charge in [0, 0.05) is 5.92 Å². The predicted octanol–water partition coefficient (Wildman–Crippen LogP) is 4.11. The van der Waals surface area contributed by atoms with Gasteiger partial charge >= 0.3 is 0 Å². The molecular formula is C14H15F3O. The summed E-state index contributed by atoms with van der Waals surface area (Å²) in [5.41, 5.74) is -0.326. The van der Waals surface area contributed by atoms with Crippen molar-refractivity contribution in [3.05, 3.63) is 35.1 Å². The minimum atomic E-state index is -1.57. The van der Waals surface area contributed by atoms with Crippen molar-refractivity contribution in [1.29, 1.82) is 0 Å². The van der Waals surface area contributed by atoms with Gasteiger partial charge in [0.2, 0.25) is 0 Å². The van der Waals surface area contributed by atoms with Gasteiger partial charge in [-0.3, -0.25) is 4.79 Å². The average Bonchev–Trinajstić information content (AvgIpc) is 2.35. The van der Waals surface area contributed by atoms with Gasteiger partial charge in [-0.05, 0) is 30.9 Å². The van der Waals surface area contributed by atoms with Crippen LogP contribution in [0.4, 0.5) is 13.2 Å². The van der Waals surface area contributed by atoms with Crippen LogP contribution in [-0.4, -0.2) is 5.78 Å². The smallest absolute Gasteiger partial charge is 0.195 e. The second-order valence-corrected chi connectivity index (χ2v) is 5.06. The Kier molecular flexibility index (Phi) is 3.73. The maximum Gasteiger partial charge on any atom is 0.195 e. The van der Waals surface area contributed by atoms with Gasteiger partial charge in [-0.1, -0.05) is 19.8 Å². The largest absolute Gasteiger partial charge is 0.294 e. The molecule has 1 fully saturated rings. The summed E-state index contributed by atoms with van der Waals surface area (Å²) < 4.78 is 39.4. The SMILES string of the molecule is CC1CCCC(C(=O)c2ccc(F)c(F)c2F)C1. The summed E-state index contributed by atoms with van der Waals surface area (Å²) in [5.74, 6) is -4.45. The summed E-state index contributed by atoms with van der Waals surface area (Å²) in [6.07, 6.45) is 3.37. The van der Waals surface area contributed by atoms with Gasteiger partial charge in [0.05, 0.1) is 5.56 Å². The molecule has 0 amide bonds. The minimum Gasteiger partial charge on any atom is -0.294 e. The maximum atomic E-state index is 13.5. The van der Waals surface area contributed by atoms with E-state index >= 15 is 0 Å². The van der Waals surface area contributed by atoms with Crippen molar-refractivity contribution in [2.45, 2.75) is 32.6 Å². The first-order valence-electron chi connectivity index (χ1n) is 6.18. The fraction of sp³-hybridized carbons (Fsp3) is 0.500. The van der Waals surface area contributed by atoms with Crippen molar-refractivity contribution in [3.63, 3.8) is 0 Å². The number of carbonyl (C=O) groups excluding carboxylic acids is 1. The Morgan fingerprint density at radius 3 is 2.56 bits per heavy atom. The summed E-state index contributed by atoms with van der Waals surface area (Å²) in [6.45, 7) is 2.04. The fourth-order valence-corrected chi connectivity index (χ4v) is 2.61. The van der Waals surface area contributed by atoms with Crippen LogP contribution in [0.2, 0.25) is 0 Å². The number of halogens is 3. The summed E-state index contributed by atoms with van der Waals surface area (Å²) in [4.78, 5) is 12.1. The number of hydrogen-bond donors (Lipinski definition) is 0. The van der Waals surface area contributed by atoms with E-state index in [0.29, 0.717) is 18.8 Å². The molecule has 0 radical (unpaired) electrons. The lowest BCUT2D eigenvalue weighted by Crippen LogP contribution is -2.23. The molecule has 1 saturated carbocycles. The zero-order valence-electron chi connectivity index (χ0n) is 10.2. The normalized spacial score (nSPS) is 24.0. The Balaban J connectivity index is 2.26. The van der Waals surface area contributed by atoms with Gasteiger partial charge < -0.3 is 0 Å². The van der Waals surface area contributed by atoms with E-state index in [1.807, 2.05) is 6.92 Å². The van der Waals surface area contributed by atoms with Crippen LogP contribution in [0.5, 0.6) is 0 Å². The number of Topliss-reactive ketones (excluding diaryl/α,β-unsaturated/α-hetero) is 1. The molecule has 0 bridgehead atoms. The molecule has 1 aromatic carbocycles. The minimum absolute atomic E-state index is 0.270. The second-order valence-electron chi connectivity index (χ2n) is 5.06. The van der Waals surface area contributed by atoms with Gasteiger partial charge in [0.15, 0.2) is 23.2 Å². The van der Waals surface area contributed by atoms with Crippen molar-refractivity contribution in [3.8, 4) is 0 Å². The standard InChI is InChI=1S/C14H15F3O/c1-8-3-2-4-9(7-8)14(18)10-5-6-11(15)13(17)12(10)16/h5-6,8-9H,2-4,7H2,1H3. The number of ketones is 1. The molecule has 0 aromatic heterocycles. The summed E-state index contributed by atoms with van der Waals surface area (Å²) >= 11 is 0. The van der Waals surface area contributed by atoms with E-state index in [2.05, 4.69) is 0 Å². The molecule has 2 rings (SSSR count). The molecule has 0 N–H and O–H groups in total. The van der Waals surface area contributed by atoms with Crippen molar-refractivity contribution >= 4 is 5.78 Å². The Labute approximate surface area is 104 Å². The molecule has 0 saturated heterocycles. The van der Waals surface area contributed by atoms with Gasteiger partial charge in [0.1, 0.15) is 0 Å². The van der Waals surface area contributed by atoms with Crippen LogP contribution in [-0.2, 0) is 0 Å². The van der Waals surface area contributed by atoms with Crippen molar-refractivity contribution in [1.82, 2.24) is 0 Å². The third kappa shape index (κ3) is 2.42. The lowest BCUT2D eigenvalue weighted by molar-refractivity contribution is 0.0862. The number of rotatable bonds is 2. The highest BCUT2D eigenvalue weighted by molar-refractivity contribution is 5.98. The van der Waals surface area contributed by atoms with Crippen LogP contribution in [0.15, 0.2) is 12.1 Å². The van der Waals surface area contributed by atoms with Gasteiger partial charge in [-0.15, -0.1) is 0 Å². The van der Waals surface area contributed by atoms with E-state index in [9.17, 15) is 18.0 Å². The van der Waals surface area contributed by atoms with E-state index < -0.39 is 23.2 Å². The maximum absolute atomic E-state index is 13.5. The van der Waals surface area contributed by atoms with Crippen LogP contribution < -0.4 is 0 Å². The molecule has 0 aliphatic heterocycles. The summed E-state index contributed by atoms with van der Waals surface area (Å²) in [6, 6.07) is 1.84. The molecule has 1 nitrogen and oxygen atoms in total. The van der Waals surface area contributed by atoms with E-state index in [-0.39, 0.29) is 11.5 Å². The topological polar surface area (TPSA) is 17.1 Å². The zero-order valence-corrected chi connectivity index (χ0v) is 10.2. The molecule has 98 valence electrons. The molecule has 1 aliphatic rings. The zero-order chi connectivity index (χ0) is 13.3. The van der Waals surface area contributed by atoms with Crippen LogP contribution in [0.1, 0.15) is 43.0 Å². The number of hydrogen-bond acceptors (Lipinski definition) is 1. The molecule has 0 spiro atoms. The van der Waals surface area contributed by atoms with Crippen LogP contribution in [0, 0.1) is 29.3 Å². The summed E-state index contributed by atoms with van der Waals surface area (Å²) in [5, 5.41) is 0. The van der Waals surface area contributed by atoms with E-state index in [0.717, 1.165) is 25.0 Å². The quantitative estimate of drug-likeness (QED) is 0.574. The van der Waals surface area contributed by atoms with E-state index in [1.54, 1.807) is 0 Å². The summed E-state index contributed by atoms with van der Waals surface area (Å²) in [7, 11) is 0. The molecule has 1 aliphatic carbocycles. The monoisotopic (exact) mass is 256 g/mol. The molecular weight excluding hydrogens is 241 g/mol. The first-order chi connectivity index (χ1) is 8.50. The first kappa shape index (κ1) is 13.1. The Morgan fingerprint density at radius 1 is 1.17 bits per heavy atom. The highest BCUT2D eigenvalue weighted by Crippen LogP contribution is 2.31. The Morgan fingerprint density at radius 2 is 1.89 bits per heavy atom. The molecule has 0 heterocycles. The van der Waals surface area contributed by atoms with E-state index in [4.69, 9.17) is 0 Å². The third-order valence-electron chi connectivity index (χ3n) is 3.61. The number of carbonyl (C=O) groups is 1. The van der Waals surface area contributed by atoms with E-state index in [1.165, 1.54) is 0 Å². The molecule has 2 atom stereocenters. The average molecular weight is 256 g/mol. The van der Waals surface area contributed by atoms with Gasteiger partial charge in [-0.25, -0.2) is 13.2 Å². The number of benzene rings is 1. The van der Waals surface area contributed by atoms with Crippen LogP contribution >= 0.6 is 0 Å². The highest BCUT2D eigenvalue weighted by Gasteiger charge is 2.29. The predicted molar refractivity (Wildman–Crippen MR) is 61.8 cm³/mol. The van der Waals surface area contributed by atoms with Crippen LogP contribution in [0.3, 0.4) is 0 Å². The Hall–Kier alpha value is -1.32. The van der Waals surface area contributed by atoms with Gasteiger partial charge in [-0.2, -0.15) is 0 Å². The molecule has 4 heteroatoms. The first-order valence-corrected chi connectivity index (χ1v) is 6.18. The van der Waals surface area contributed by atoms with Crippen molar-refractivity contribution in [2.75, 3.05) is 0 Å². The molecule has 1 aromatic rings. The molecule has 2 unspecified atom stereocenters. The second kappa shape index (κ2) is 5.12. The fourth-order valence-electron chi connectivity index (χ4n) is 2.61. The lowest BCUT2D eigenvalue weighted by atomic mass is 9.78. The molecule has 18 heavy (non-hydrogen) atoms. The third-order valence-corrected chi connectivity index (χ3v) is 3.61. The highest BCUT2D eigenvalue weighted by atomic mass is 19.2.